The highest BCUT2D eigenvalue weighted by Crippen LogP contribution is 2.47. The highest BCUT2D eigenvalue weighted by molar-refractivity contribution is 5.96. The van der Waals surface area contributed by atoms with Crippen LogP contribution in [0.15, 0.2) is 95.8 Å². The fourth-order valence-electron chi connectivity index (χ4n) is 11.2. The molecule has 2 aliphatic heterocycles. The fourth-order valence-corrected chi connectivity index (χ4v) is 11.2. The summed E-state index contributed by atoms with van der Waals surface area (Å²) < 4.78 is 27.7. The van der Waals surface area contributed by atoms with E-state index >= 15 is 4.39 Å². The molecule has 0 spiro atoms. The zero-order chi connectivity index (χ0) is 56.6. The molecular formula is C58H55FN8O13. The number of carboxylic acids is 1. The molecule has 8 N–H and O–H groups in total. The molecule has 0 fully saturated rings. The van der Waals surface area contributed by atoms with E-state index < -0.39 is 109 Å². The van der Waals surface area contributed by atoms with Crippen LogP contribution in [0.2, 0.25) is 0 Å². The Hall–Kier alpha value is -9.31. The van der Waals surface area contributed by atoms with Gasteiger partial charge in [-0.1, -0.05) is 85.8 Å². The first-order chi connectivity index (χ1) is 38.4. The molecule has 80 heavy (non-hydrogen) atoms. The van der Waals surface area contributed by atoms with Crippen LogP contribution < -0.4 is 37.5 Å². The zero-order valence-electron chi connectivity index (χ0n) is 43.4. The Morgan fingerprint density at radius 2 is 1.46 bits per heavy atom. The number of amides is 6. The highest BCUT2D eigenvalue weighted by Gasteiger charge is 2.46. The number of carbonyl (C=O) groups is 8. The van der Waals surface area contributed by atoms with E-state index in [1.807, 2.05) is 48.5 Å². The topological polar surface area (TPSA) is 303 Å². The van der Waals surface area contributed by atoms with Gasteiger partial charge in [-0.2, -0.15) is 0 Å². The standard InChI is InChI=1S/C58H55FN8O13/c1-3-58(78)39-20-45-52-36(26-67(45)55(75)38(39)28-79-56(58)76)51-41(18-17-31-29(2)40(59)21-42(65-52)50(31)51)63-48(70)25-62-53(73)43(19-30-11-5-4-6-12-30)64-47(69)24-60-46(68)23-61-54(74)44(22-49(71)72)66-57(77)80-27-37-34-15-9-7-13-32(34)33-14-8-10-16-35(33)37/h4-16,20-21,37,41,43-44,78H,3,17-19,22-28H2,1-2H3,(H,60,68)(H,61,74)(H,62,73)(H,63,70)(H,64,69)(H,66,77)(H,71,72)/t41-,43-,44-,58-/m0/s1. The van der Waals surface area contributed by atoms with Gasteiger partial charge >= 0.3 is 18.0 Å². The lowest BCUT2D eigenvalue weighted by molar-refractivity contribution is -0.172. The van der Waals surface area contributed by atoms with Crippen molar-refractivity contribution >= 4 is 58.5 Å². The van der Waals surface area contributed by atoms with Gasteiger partial charge in [0.25, 0.3) is 5.56 Å². The van der Waals surface area contributed by atoms with Gasteiger partial charge in [0.05, 0.1) is 61.1 Å². The number of esters is 1. The lowest BCUT2D eigenvalue weighted by Crippen LogP contribution is -2.53. The number of rotatable bonds is 18. The van der Waals surface area contributed by atoms with Crippen molar-refractivity contribution in [2.24, 2.45) is 0 Å². The summed E-state index contributed by atoms with van der Waals surface area (Å²) in [6, 6.07) is 23.2. The first-order valence-electron chi connectivity index (χ1n) is 26.0. The van der Waals surface area contributed by atoms with Crippen molar-refractivity contribution in [3.8, 4) is 22.5 Å². The van der Waals surface area contributed by atoms with Crippen LogP contribution in [0.5, 0.6) is 0 Å². The minimum atomic E-state index is -2.08. The quantitative estimate of drug-likeness (QED) is 0.0574. The molecule has 0 unspecified atom stereocenters. The molecule has 4 aromatic carbocycles. The molecule has 4 heterocycles. The second-order valence-corrected chi connectivity index (χ2v) is 20.1. The van der Waals surface area contributed by atoms with E-state index in [-0.39, 0.29) is 55.2 Å². The van der Waals surface area contributed by atoms with E-state index in [1.54, 1.807) is 50.2 Å². The van der Waals surface area contributed by atoms with Gasteiger partial charge in [0.15, 0.2) is 5.60 Å². The Balaban J connectivity index is 0.761. The van der Waals surface area contributed by atoms with Crippen molar-refractivity contribution in [2.75, 3.05) is 26.2 Å². The number of alkyl carbamates (subject to hydrolysis) is 1. The van der Waals surface area contributed by atoms with Gasteiger partial charge in [-0.15, -0.1) is 0 Å². The monoisotopic (exact) mass is 1090 g/mol. The Morgan fingerprint density at radius 3 is 2.15 bits per heavy atom. The molecule has 0 radical (unpaired) electrons. The molecule has 4 atom stereocenters. The van der Waals surface area contributed by atoms with Gasteiger partial charge in [0.1, 0.15) is 31.1 Å². The lowest BCUT2D eigenvalue weighted by Gasteiger charge is -2.31. The summed E-state index contributed by atoms with van der Waals surface area (Å²) in [6.07, 6.45) is -1.32. The predicted molar refractivity (Wildman–Crippen MR) is 284 cm³/mol. The molecule has 6 aromatic rings. The summed E-state index contributed by atoms with van der Waals surface area (Å²) >= 11 is 0. The summed E-state index contributed by atoms with van der Waals surface area (Å²) in [4.78, 5) is 123. The third kappa shape index (κ3) is 10.4. The molecule has 0 bridgehead atoms. The maximum Gasteiger partial charge on any atom is 0.407 e. The average Bonchev–Trinajstić information content (AvgIpc) is 4.00. The van der Waals surface area contributed by atoms with E-state index in [2.05, 4.69) is 31.9 Å². The zero-order valence-corrected chi connectivity index (χ0v) is 43.4. The summed E-state index contributed by atoms with van der Waals surface area (Å²) in [5.41, 5.74) is 5.35. The van der Waals surface area contributed by atoms with Gasteiger partial charge in [-0.05, 0) is 76.8 Å². The second-order valence-electron chi connectivity index (χ2n) is 20.1. The molecule has 0 saturated carbocycles. The summed E-state index contributed by atoms with van der Waals surface area (Å²) in [6.45, 7) is 0.889. The van der Waals surface area contributed by atoms with E-state index in [1.165, 1.54) is 10.6 Å². The van der Waals surface area contributed by atoms with Gasteiger partial charge in [-0.25, -0.2) is 19.0 Å². The van der Waals surface area contributed by atoms with Crippen LogP contribution in [0.25, 0.3) is 33.4 Å². The number of aromatic nitrogens is 2. The number of aryl methyl sites for hydroxylation is 1. The highest BCUT2D eigenvalue weighted by atomic mass is 19.1. The number of pyridine rings is 2. The van der Waals surface area contributed by atoms with Gasteiger partial charge in [0.2, 0.25) is 29.5 Å². The van der Waals surface area contributed by atoms with Crippen molar-refractivity contribution in [3.63, 3.8) is 0 Å². The third-order valence-corrected chi connectivity index (χ3v) is 15.3. The van der Waals surface area contributed by atoms with Gasteiger partial charge in [-0.3, -0.25) is 33.6 Å². The first kappa shape index (κ1) is 54.1. The Kier molecular flexibility index (Phi) is 15.0. The molecule has 21 nitrogen and oxygen atoms in total. The molecule has 0 saturated heterocycles. The maximum absolute atomic E-state index is 15.5. The molecule has 10 rings (SSSR count). The molecule has 2 aliphatic carbocycles. The Bertz CT molecular complexity index is 3600. The SMILES string of the molecule is CC[C@@]1(O)C(=O)OCc2c1cc1n(c2=O)Cc2c-1nc1cc(F)c(C)c3c1c2[C@@H](NC(=O)CNC(=O)[C@H](Cc1ccccc1)NC(=O)CNC(=O)CNC(=O)[C@H](CC(=O)O)NC(=O)OCC1c2ccccc2-c2ccccc21)CC3. The minimum absolute atomic E-state index is 0.0128. The van der Waals surface area contributed by atoms with Crippen LogP contribution in [0.4, 0.5) is 9.18 Å². The molecule has 4 aliphatic rings. The second kappa shape index (κ2) is 22.2. The number of carbonyl (C=O) groups excluding carboxylic acids is 7. The van der Waals surface area contributed by atoms with Crippen LogP contribution in [0, 0.1) is 12.7 Å². The smallest absolute Gasteiger partial charge is 0.407 e. The number of hydrogen-bond donors (Lipinski definition) is 8. The molecule has 412 valence electrons. The summed E-state index contributed by atoms with van der Waals surface area (Å²) in [5, 5.41) is 36.6. The van der Waals surface area contributed by atoms with Crippen LogP contribution in [0.1, 0.15) is 88.2 Å². The van der Waals surface area contributed by atoms with Crippen molar-refractivity contribution in [3.05, 3.63) is 157 Å². The number of nitrogens with zero attached hydrogens (tertiary/aromatic N) is 2. The van der Waals surface area contributed by atoms with E-state index in [0.717, 1.165) is 22.3 Å². The average molecular weight is 1090 g/mol. The normalized spacial score (nSPS) is 17.0. The van der Waals surface area contributed by atoms with Crippen molar-refractivity contribution < 1.29 is 62.4 Å². The van der Waals surface area contributed by atoms with Crippen LogP contribution in [0.3, 0.4) is 0 Å². The number of aliphatic hydroxyl groups is 1. The lowest BCUT2D eigenvalue weighted by atomic mass is 9.81. The minimum Gasteiger partial charge on any atom is -0.481 e. The number of benzene rings is 4. The van der Waals surface area contributed by atoms with Crippen LogP contribution >= 0.6 is 0 Å². The van der Waals surface area contributed by atoms with E-state index in [0.29, 0.717) is 57.4 Å². The molecule has 22 heteroatoms. The van der Waals surface area contributed by atoms with Crippen molar-refractivity contribution in [1.82, 2.24) is 41.5 Å². The van der Waals surface area contributed by atoms with Gasteiger partial charge in [0, 0.05) is 34.9 Å². The van der Waals surface area contributed by atoms with E-state index in [4.69, 9.17) is 14.5 Å². The van der Waals surface area contributed by atoms with Crippen LogP contribution in [-0.4, -0.2) is 106 Å². The first-order valence-corrected chi connectivity index (χ1v) is 26.0. The number of aliphatic carboxylic acids is 1. The number of ether oxygens (including phenoxy) is 2. The number of halogens is 1. The Morgan fingerprint density at radius 1 is 0.812 bits per heavy atom. The number of fused-ring (bicyclic) bond motifs is 8. The van der Waals surface area contributed by atoms with Crippen molar-refractivity contribution in [2.45, 2.75) is 88.7 Å². The fraction of sp³-hybridized carbons (Fsp3) is 0.310. The maximum atomic E-state index is 15.5. The van der Waals surface area contributed by atoms with Crippen LogP contribution in [-0.2, 0) is 74.6 Å². The van der Waals surface area contributed by atoms with Crippen molar-refractivity contribution in [1.29, 1.82) is 0 Å². The van der Waals surface area contributed by atoms with Gasteiger partial charge < -0.3 is 56.2 Å². The third-order valence-electron chi connectivity index (χ3n) is 15.3. The number of nitrogens with one attached hydrogen (secondary N) is 6. The Labute approximate surface area is 455 Å². The summed E-state index contributed by atoms with van der Waals surface area (Å²) in [7, 11) is 0. The predicted octanol–water partition coefficient (Wildman–Crippen LogP) is 3.09. The number of hydrogen-bond acceptors (Lipinski definition) is 13. The largest absolute Gasteiger partial charge is 0.481 e. The number of cyclic esters (lactones) is 1. The summed E-state index contributed by atoms with van der Waals surface area (Å²) in [5.74, 6) is -7.14. The molecular weight excluding hydrogens is 1040 g/mol. The number of carboxylic acid groups (broad SMARTS) is 1. The molecule has 6 amide bonds. The molecule has 2 aromatic heterocycles. The van der Waals surface area contributed by atoms with E-state index in [9.17, 15) is 53.4 Å².